The molecule has 1 fully saturated rings. The number of hydrogen-bond donors (Lipinski definition) is 3. The molecule has 0 aliphatic carbocycles. The summed E-state index contributed by atoms with van der Waals surface area (Å²) in [6, 6.07) is -1.58. The highest BCUT2D eigenvalue weighted by atomic mass is 16.5. The van der Waals surface area contributed by atoms with E-state index in [4.69, 9.17) is 15.6 Å². The van der Waals surface area contributed by atoms with Crippen LogP contribution in [0.1, 0.15) is 19.8 Å². The highest BCUT2D eigenvalue weighted by Crippen LogP contribution is 2.06. The first-order valence-electron chi connectivity index (χ1n) is 6.08. The zero-order valence-corrected chi connectivity index (χ0v) is 10.8. The second kappa shape index (κ2) is 6.93. The number of carboxylic acids is 1. The Hall–Kier alpha value is -1.83. The molecule has 1 saturated heterocycles. The molecule has 0 bridgehead atoms. The summed E-state index contributed by atoms with van der Waals surface area (Å²) in [5.41, 5.74) is 4.96. The van der Waals surface area contributed by atoms with Crippen LogP contribution in [0.4, 0.5) is 4.79 Å². The Morgan fingerprint density at radius 2 is 2.21 bits per heavy atom. The molecule has 0 aromatic rings. The smallest absolute Gasteiger partial charge is 0.326 e. The minimum absolute atomic E-state index is 0.0176. The van der Waals surface area contributed by atoms with Gasteiger partial charge in [-0.25, -0.2) is 9.59 Å². The number of carbonyl (C=O) groups excluding carboxylic acids is 2. The maximum absolute atomic E-state index is 11.9. The van der Waals surface area contributed by atoms with Gasteiger partial charge >= 0.3 is 12.0 Å². The van der Waals surface area contributed by atoms with E-state index in [2.05, 4.69) is 5.32 Å². The number of rotatable bonds is 5. The Morgan fingerprint density at radius 3 is 2.74 bits per heavy atom. The quantitative estimate of drug-likeness (QED) is 0.601. The van der Waals surface area contributed by atoms with Crippen molar-refractivity contribution in [2.45, 2.75) is 31.9 Å². The van der Waals surface area contributed by atoms with Crippen LogP contribution in [-0.2, 0) is 14.3 Å². The summed E-state index contributed by atoms with van der Waals surface area (Å²) in [5.74, 6) is -1.78. The van der Waals surface area contributed by atoms with Crippen molar-refractivity contribution in [3.63, 3.8) is 0 Å². The van der Waals surface area contributed by atoms with Crippen LogP contribution in [0.15, 0.2) is 0 Å². The van der Waals surface area contributed by atoms with Crippen LogP contribution in [0.25, 0.3) is 0 Å². The number of amides is 3. The molecule has 0 aromatic heterocycles. The molecule has 1 rings (SSSR count). The van der Waals surface area contributed by atoms with E-state index in [0.29, 0.717) is 19.7 Å². The van der Waals surface area contributed by atoms with E-state index in [1.54, 1.807) is 0 Å². The van der Waals surface area contributed by atoms with Crippen molar-refractivity contribution < 1.29 is 24.2 Å². The molecule has 3 amide bonds. The van der Waals surface area contributed by atoms with E-state index >= 15 is 0 Å². The third-order valence-electron chi connectivity index (χ3n) is 2.80. The van der Waals surface area contributed by atoms with Crippen LogP contribution in [0, 0.1) is 0 Å². The van der Waals surface area contributed by atoms with E-state index < -0.39 is 23.9 Å². The second-order valence-electron chi connectivity index (χ2n) is 4.47. The first kappa shape index (κ1) is 15.2. The summed E-state index contributed by atoms with van der Waals surface area (Å²) in [6.07, 6.45) is -0.180. The number of nitrogens with zero attached hydrogens (tertiary/aromatic N) is 1. The lowest BCUT2D eigenvalue weighted by Crippen LogP contribution is -2.53. The van der Waals surface area contributed by atoms with Gasteiger partial charge in [-0.3, -0.25) is 4.79 Å². The van der Waals surface area contributed by atoms with Crippen molar-refractivity contribution in [1.29, 1.82) is 0 Å². The number of hydrogen-bond acceptors (Lipinski definition) is 4. The summed E-state index contributed by atoms with van der Waals surface area (Å²) in [5, 5.41) is 11.4. The molecular formula is C11H19N3O5. The summed E-state index contributed by atoms with van der Waals surface area (Å²) in [4.78, 5) is 35.0. The lowest BCUT2D eigenvalue weighted by molar-refractivity contribution is -0.139. The number of morpholine rings is 1. The zero-order valence-electron chi connectivity index (χ0n) is 10.8. The molecule has 2 atom stereocenters. The molecule has 0 spiro atoms. The number of carboxylic acid groups (broad SMARTS) is 1. The molecule has 1 unspecified atom stereocenters. The number of urea groups is 1. The van der Waals surface area contributed by atoms with Crippen LogP contribution >= 0.6 is 0 Å². The molecule has 4 N–H and O–H groups in total. The molecule has 19 heavy (non-hydrogen) atoms. The maximum Gasteiger partial charge on any atom is 0.326 e. The minimum atomic E-state index is -1.18. The zero-order chi connectivity index (χ0) is 14.4. The monoisotopic (exact) mass is 273 g/mol. The SMILES string of the molecule is CC1CN(C(=O)N[C@H](CCC(N)=O)C(=O)O)CCO1. The van der Waals surface area contributed by atoms with Crippen molar-refractivity contribution in [2.24, 2.45) is 5.73 Å². The summed E-state index contributed by atoms with van der Waals surface area (Å²) < 4.78 is 5.29. The predicted molar refractivity (Wildman–Crippen MR) is 65.4 cm³/mol. The van der Waals surface area contributed by atoms with Crippen LogP contribution < -0.4 is 11.1 Å². The van der Waals surface area contributed by atoms with Gasteiger partial charge in [0.25, 0.3) is 0 Å². The van der Waals surface area contributed by atoms with E-state index in [1.807, 2.05) is 6.92 Å². The van der Waals surface area contributed by atoms with E-state index in [1.165, 1.54) is 4.90 Å². The van der Waals surface area contributed by atoms with Gasteiger partial charge < -0.3 is 25.8 Å². The minimum Gasteiger partial charge on any atom is -0.480 e. The average Bonchev–Trinajstić information content (AvgIpc) is 2.33. The van der Waals surface area contributed by atoms with Crippen LogP contribution in [-0.4, -0.2) is 59.8 Å². The number of primary amides is 1. The number of aliphatic carboxylic acids is 1. The van der Waals surface area contributed by atoms with Gasteiger partial charge in [0.15, 0.2) is 0 Å². The van der Waals surface area contributed by atoms with Crippen molar-refractivity contribution >= 4 is 17.9 Å². The fraction of sp³-hybridized carbons (Fsp3) is 0.727. The van der Waals surface area contributed by atoms with E-state index in [9.17, 15) is 14.4 Å². The number of nitrogens with one attached hydrogen (secondary N) is 1. The number of carbonyl (C=O) groups is 3. The molecule has 8 nitrogen and oxygen atoms in total. The van der Waals surface area contributed by atoms with Gasteiger partial charge in [0.1, 0.15) is 6.04 Å². The number of nitrogens with two attached hydrogens (primary N) is 1. The normalized spacial score (nSPS) is 20.7. The fourth-order valence-electron chi connectivity index (χ4n) is 1.79. The molecule has 0 saturated carbocycles. The molecule has 0 aromatic carbocycles. The largest absolute Gasteiger partial charge is 0.480 e. The van der Waals surface area contributed by atoms with Gasteiger partial charge in [-0.15, -0.1) is 0 Å². The molecule has 1 aliphatic rings. The first-order chi connectivity index (χ1) is 8.90. The number of ether oxygens (including phenoxy) is 1. The van der Waals surface area contributed by atoms with Crippen molar-refractivity contribution in [2.75, 3.05) is 19.7 Å². The fourth-order valence-corrected chi connectivity index (χ4v) is 1.79. The van der Waals surface area contributed by atoms with E-state index in [0.717, 1.165) is 0 Å². The standard InChI is InChI=1S/C11H19N3O5/c1-7-6-14(4-5-19-7)11(18)13-8(10(16)17)2-3-9(12)15/h7-8H,2-6H2,1H3,(H2,12,15)(H,13,18)(H,16,17)/t7?,8-/m1/s1. The van der Waals surface area contributed by atoms with Gasteiger partial charge in [-0.05, 0) is 13.3 Å². The Labute approximate surface area is 110 Å². The van der Waals surface area contributed by atoms with Gasteiger partial charge in [0.05, 0.1) is 12.7 Å². The molecule has 8 heteroatoms. The molecule has 1 heterocycles. The maximum atomic E-state index is 11.9. The third kappa shape index (κ3) is 5.12. The topological polar surface area (TPSA) is 122 Å². The van der Waals surface area contributed by atoms with E-state index in [-0.39, 0.29) is 18.9 Å². The second-order valence-corrected chi connectivity index (χ2v) is 4.47. The predicted octanol–water partition coefficient (Wildman–Crippen LogP) is -0.865. The van der Waals surface area contributed by atoms with Gasteiger partial charge in [-0.1, -0.05) is 0 Å². The Bertz CT molecular complexity index is 360. The molecule has 1 aliphatic heterocycles. The van der Waals surface area contributed by atoms with Crippen LogP contribution in [0.5, 0.6) is 0 Å². The Morgan fingerprint density at radius 1 is 1.53 bits per heavy atom. The molecule has 0 radical (unpaired) electrons. The van der Waals surface area contributed by atoms with Crippen LogP contribution in [0.2, 0.25) is 0 Å². The lowest BCUT2D eigenvalue weighted by atomic mass is 10.1. The Kier molecular flexibility index (Phi) is 5.56. The first-order valence-corrected chi connectivity index (χ1v) is 6.08. The highest BCUT2D eigenvalue weighted by molar-refractivity contribution is 5.83. The summed E-state index contributed by atoms with van der Waals surface area (Å²) in [6.45, 7) is 3.08. The molecular weight excluding hydrogens is 254 g/mol. The van der Waals surface area contributed by atoms with Crippen LogP contribution in [0.3, 0.4) is 0 Å². The third-order valence-corrected chi connectivity index (χ3v) is 2.80. The molecule has 108 valence electrons. The highest BCUT2D eigenvalue weighted by Gasteiger charge is 2.26. The van der Waals surface area contributed by atoms with Crippen molar-refractivity contribution in [1.82, 2.24) is 10.2 Å². The van der Waals surface area contributed by atoms with Gasteiger partial charge in [-0.2, -0.15) is 0 Å². The average molecular weight is 273 g/mol. The van der Waals surface area contributed by atoms with Crippen molar-refractivity contribution in [3.05, 3.63) is 0 Å². The summed E-state index contributed by atoms with van der Waals surface area (Å²) in [7, 11) is 0. The lowest BCUT2D eigenvalue weighted by Gasteiger charge is -2.32. The van der Waals surface area contributed by atoms with Gasteiger partial charge in [0.2, 0.25) is 5.91 Å². The summed E-state index contributed by atoms with van der Waals surface area (Å²) >= 11 is 0. The van der Waals surface area contributed by atoms with Crippen molar-refractivity contribution in [3.8, 4) is 0 Å². The van der Waals surface area contributed by atoms with Gasteiger partial charge in [0, 0.05) is 19.5 Å². The Balaban J connectivity index is 2.50.